The lowest BCUT2D eigenvalue weighted by Gasteiger charge is -2.08. The van der Waals surface area contributed by atoms with Crippen molar-refractivity contribution in [3.63, 3.8) is 0 Å². The summed E-state index contributed by atoms with van der Waals surface area (Å²) in [5.41, 5.74) is 4.08. The number of nitrogens with one attached hydrogen (secondary N) is 2. The summed E-state index contributed by atoms with van der Waals surface area (Å²) < 4.78 is 1.97. The standard InChI is InChI=1S/C20H15ClN4O/c21-15-4-3-5-17(12-15)23-20(26)22-16-9-7-14(8-10-16)18-13-25-11-2-1-6-19(25)24-18/h1-13H,(H2,22,23,26). The normalized spacial score (nSPS) is 10.7. The number of aromatic nitrogens is 2. The van der Waals surface area contributed by atoms with Gasteiger partial charge in [0.1, 0.15) is 5.65 Å². The highest BCUT2D eigenvalue weighted by Crippen LogP contribution is 2.21. The van der Waals surface area contributed by atoms with Gasteiger partial charge in [0.25, 0.3) is 0 Å². The van der Waals surface area contributed by atoms with Gasteiger partial charge in [0.2, 0.25) is 0 Å². The molecule has 2 heterocycles. The fraction of sp³-hybridized carbons (Fsp3) is 0. The Morgan fingerprint density at radius 2 is 1.73 bits per heavy atom. The summed E-state index contributed by atoms with van der Waals surface area (Å²) in [4.78, 5) is 16.7. The summed E-state index contributed by atoms with van der Waals surface area (Å²) in [5, 5.41) is 6.11. The van der Waals surface area contributed by atoms with Crippen LogP contribution in [0.4, 0.5) is 16.2 Å². The number of carbonyl (C=O) groups is 1. The molecule has 26 heavy (non-hydrogen) atoms. The van der Waals surface area contributed by atoms with Crippen LogP contribution in [0, 0.1) is 0 Å². The van der Waals surface area contributed by atoms with Crippen LogP contribution in [0.25, 0.3) is 16.9 Å². The van der Waals surface area contributed by atoms with Crippen molar-refractivity contribution in [2.45, 2.75) is 0 Å². The molecule has 0 spiro atoms. The Morgan fingerprint density at radius 1 is 0.923 bits per heavy atom. The molecule has 6 heteroatoms. The molecule has 0 unspecified atom stereocenters. The number of amides is 2. The van der Waals surface area contributed by atoms with Crippen molar-refractivity contribution in [1.82, 2.24) is 9.38 Å². The van der Waals surface area contributed by atoms with Crippen molar-refractivity contribution in [2.24, 2.45) is 0 Å². The SMILES string of the molecule is O=C(Nc1ccc(-c2cn3ccccc3n2)cc1)Nc1cccc(Cl)c1. The van der Waals surface area contributed by atoms with Gasteiger partial charge in [0, 0.05) is 34.4 Å². The van der Waals surface area contributed by atoms with Crippen LogP contribution in [-0.4, -0.2) is 15.4 Å². The van der Waals surface area contributed by atoms with Crippen LogP contribution in [0.3, 0.4) is 0 Å². The number of pyridine rings is 1. The monoisotopic (exact) mass is 362 g/mol. The van der Waals surface area contributed by atoms with Gasteiger partial charge < -0.3 is 15.0 Å². The molecule has 5 nitrogen and oxygen atoms in total. The van der Waals surface area contributed by atoms with E-state index in [1.54, 1.807) is 24.3 Å². The molecule has 0 bridgehead atoms. The Bertz CT molecular complexity index is 1040. The fourth-order valence-corrected chi connectivity index (χ4v) is 2.85. The molecule has 0 aliphatic heterocycles. The molecule has 0 radical (unpaired) electrons. The first-order chi connectivity index (χ1) is 12.7. The number of benzene rings is 2. The molecular weight excluding hydrogens is 348 g/mol. The predicted octanol–water partition coefficient (Wildman–Crippen LogP) is 5.30. The Kier molecular flexibility index (Phi) is 4.29. The maximum atomic E-state index is 12.1. The molecule has 4 rings (SSSR count). The number of hydrogen-bond acceptors (Lipinski definition) is 2. The Labute approximate surface area is 155 Å². The molecule has 2 amide bonds. The van der Waals surface area contributed by atoms with E-state index >= 15 is 0 Å². The smallest absolute Gasteiger partial charge is 0.308 e. The molecule has 4 aromatic rings. The number of fused-ring (bicyclic) bond motifs is 1. The largest absolute Gasteiger partial charge is 0.323 e. The maximum absolute atomic E-state index is 12.1. The van der Waals surface area contributed by atoms with E-state index in [4.69, 9.17) is 11.6 Å². The first kappa shape index (κ1) is 16.2. The zero-order valence-corrected chi connectivity index (χ0v) is 14.4. The van der Waals surface area contributed by atoms with Gasteiger partial charge >= 0.3 is 6.03 Å². The highest BCUT2D eigenvalue weighted by molar-refractivity contribution is 6.30. The van der Waals surface area contributed by atoms with Crippen LogP contribution in [0.5, 0.6) is 0 Å². The minimum atomic E-state index is -0.326. The second kappa shape index (κ2) is 6.90. The Hall–Kier alpha value is -3.31. The molecule has 0 saturated heterocycles. The zero-order valence-electron chi connectivity index (χ0n) is 13.7. The van der Waals surface area contributed by atoms with Gasteiger partial charge in [-0.3, -0.25) is 0 Å². The van der Waals surface area contributed by atoms with Crippen LogP contribution >= 0.6 is 11.6 Å². The first-order valence-corrected chi connectivity index (χ1v) is 8.43. The quantitative estimate of drug-likeness (QED) is 0.519. The number of rotatable bonds is 3. The van der Waals surface area contributed by atoms with Crippen molar-refractivity contribution in [1.29, 1.82) is 0 Å². The molecule has 2 N–H and O–H groups in total. The van der Waals surface area contributed by atoms with Crippen LogP contribution in [0.15, 0.2) is 79.1 Å². The van der Waals surface area contributed by atoms with Gasteiger partial charge in [0.05, 0.1) is 5.69 Å². The van der Waals surface area contributed by atoms with E-state index in [0.29, 0.717) is 16.4 Å². The minimum Gasteiger partial charge on any atom is -0.308 e. The van der Waals surface area contributed by atoms with Crippen molar-refractivity contribution < 1.29 is 4.79 Å². The minimum absolute atomic E-state index is 0.326. The van der Waals surface area contributed by atoms with Gasteiger partial charge in [-0.05, 0) is 42.5 Å². The summed E-state index contributed by atoms with van der Waals surface area (Å²) in [7, 11) is 0. The lowest BCUT2D eigenvalue weighted by molar-refractivity contribution is 0.262. The first-order valence-electron chi connectivity index (χ1n) is 8.05. The van der Waals surface area contributed by atoms with Crippen LogP contribution < -0.4 is 10.6 Å². The van der Waals surface area contributed by atoms with E-state index in [0.717, 1.165) is 16.9 Å². The number of nitrogens with zero attached hydrogens (tertiary/aromatic N) is 2. The van der Waals surface area contributed by atoms with Gasteiger partial charge in [0.15, 0.2) is 0 Å². The Morgan fingerprint density at radius 3 is 2.50 bits per heavy atom. The molecule has 0 aliphatic carbocycles. The second-order valence-corrected chi connectivity index (χ2v) is 6.20. The third-order valence-corrected chi connectivity index (χ3v) is 4.12. The average Bonchev–Trinajstić information content (AvgIpc) is 3.06. The molecule has 128 valence electrons. The number of anilines is 2. The maximum Gasteiger partial charge on any atom is 0.323 e. The topological polar surface area (TPSA) is 58.4 Å². The molecule has 0 atom stereocenters. The second-order valence-electron chi connectivity index (χ2n) is 5.76. The van der Waals surface area contributed by atoms with E-state index < -0.39 is 0 Å². The lowest BCUT2D eigenvalue weighted by Crippen LogP contribution is -2.19. The van der Waals surface area contributed by atoms with Crippen LogP contribution in [-0.2, 0) is 0 Å². The van der Waals surface area contributed by atoms with Gasteiger partial charge in [-0.2, -0.15) is 0 Å². The molecule has 2 aromatic carbocycles. The molecule has 0 fully saturated rings. The van der Waals surface area contributed by atoms with Gasteiger partial charge in [-0.15, -0.1) is 0 Å². The summed E-state index contributed by atoms with van der Waals surface area (Å²) in [5.74, 6) is 0. The summed E-state index contributed by atoms with van der Waals surface area (Å²) in [6, 6.07) is 20.1. The molecule has 0 aliphatic rings. The third kappa shape index (κ3) is 3.53. The summed E-state index contributed by atoms with van der Waals surface area (Å²) in [6.45, 7) is 0. The van der Waals surface area contributed by atoms with Crippen molar-refractivity contribution in [3.8, 4) is 11.3 Å². The van der Waals surface area contributed by atoms with E-state index in [-0.39, 0.29) is 6.03 Å². The third-order valence-electron chi connectivity index (χ3n) is 3.89. The van der Waals surface area contributed by atoms with E-state index in [9.17, 15) is 4.79 Å². The van der Waals surface area contributed by atoms with Crippen molar-refractivity contribution in [2.75, 3.05) is 10.6 Å². The number of imidazole rings is 1. The van der Waals surface area contributed by atoms with E-state index in [1.165, 1.54) is 0 Å². The molecule has 2 aromatic heterocycles. The Balaban J connectivity index is 1.46. The van der Waals surface area contributed by atoms with Crippen LogP contribution in [0.2, 0.25) is 5.02 Å². The molecular formula is C20H15ClN4O. The predicted molar refractivity (Wildman–Crippen MR) is 105 cm³/mol. The highest BCUT2D eigenvalue weighted by Gasteiger charge is 2.06. The summed E-state index contributed by atoms with van der Waals surface area (Å²) >= 11 is 5.91. The van der Waals surface area contributed by atoms with Gasteiger partial charge in [-0.25, -0.2) is 9.78 Å². The number of halogens is 1. The van der Waals surface area contributed by atoms with E-state index in [1.807, 2.05) is 59.3 Å². The van der Waals surface area contributed by atoms with Crippen LogP contribution in [0.1, 0.15) is 0 Å². The van der Waals surface area contributed by atoms with Gasteiger partial charge in [-0.1, -0.05) is 35.9 Å². The zero-order chi connectivity index (χ0) is 17.9. The number of carbonyl (C=O) groups excluding carboxylic acids is 1. The van der Waals surface area contributed by atoms with Crippen molar-refractivity contribution >= 4 is 34.7 Å². The highest BCUT2D eigenvalue weighted by atomic mass is 35.5. The van der Waals surface area contributed by atoms with Crippen molar-refractivity contribution in [3.05, 3.63) is 84.1 Å². The number of hydrogen-bond donors (Lipinski definition) is 2. The lowest BCUT2D eigenvalue weighted by atomic mass is 10.1. The molecule has 0 saturated carbocycles. The van der Waals surface area contributed by atoms with E-state index in [2.05, 4.69) is 15.6 Å². The average molecular weight is 363 g/mol. The number of urea groups is 1. The summed E-state index contributed by atoms with van der Waals surface area (Å²) in [6.07, 6.45) is 3.94. The fourth-order valence-electron chi connectivity index (χ4n) is 2.66.